The Hall–Kier alpha value is -0.0503. The van der Waals surface area contributed by atoms with E-state index in [4.69, 9.17) is 0 Å². The van der Waals surface area contributed by atoms with Gasteiger partial charge in [-0.25, -0.2) is 0 Å². The molecule has 0 aliphatic carbocycles. The normalized spacial score (nSPS) is 10.9. The van der Waals surface area contributed by atoms with Crippen molar-refractivity contribution in [3.8, 4) is 0 Å². The standard InChI is InChI=1S/C10F7.BrH.Ca/c11-2-1-3(12)6(13)5-4(2)7(14)9(16)10(17)8(5)15;;/h;1H;/q;;+1/p-1. The Morgan fingerprint density at radius 3 is 1.32 bits per heavy atom. The van der Waals surface area contributed by atoms with Crippen molar-refractivity contribution in [3.05, 3.63) is 40.7 Å². The van der Waals surface area contributed by atoms with E-state index in [2.05, 4.69) is 9.70 Å². The van der Waals surface area contributed by atoms with Crippen molar-refractivity contribution in [1.82, 2.24) is 0 Å². The summed E-state index contributed by atoms with van der Waals surface area (Å²) in [5, 5.41) is -2.99. The van der Waals surface area contributed by atoms with Crippen LogP contribution in [0.15, 0.2) is 0 Å². The van der Waals surface area contributed by atoms with E-state index in [1.165, 1.54) is 0 Å². The summed E-state index contributed by atoms with van der Waals surface area (Å²) in [5.74, 6) is -14.1. The molecule has 0 radical (unpaired) electrons. The van der Waals surface area contributed by atoms with Gasteiger partial charge in [0, 0.05) is 0 Å². The summed E-state index contributed by atoms with van der Waals surface area (Å²) in [6.45, 7) is 0. The molecule has 0 heterocycles. The van der Waals surface area contributed by atoms with E-state index in [-0.39, 0.29) is 0 Å². The summed E-state index contributed by atoms with van der Waals surface area (Å²) < 4.78 is 92.7. The third-order valence-corrected chi connectivity index (χ3v) is 6.26. The molecule has 9 heteroatoms. The Morgan fingerprint density at radius 2 is 0.895 bits per heavy atom. The zero-order valence-corrected chi connectivity index (χ0v) is 12.5. The van der Waals surface area contributed by atoms with Gasteiger partial charge in [0.15, 0.2) is 0 Å². The second kappa shape index (κ2) is 5.38. The maximum absolute atomic E-state index is 13.8. The quantitative estimate of drug-likeness (QED) is 0.311. The fourth-order valence-corrected chi connectivity index (χ4v) is 4.57. The van der Waals surface area contributed by atoms with Crippen LogP contribution in [-0.4, -0.2) is 30.9 Å². The van der Waals surface area contributed by atoms with Gasteiger partial charge in [-0.05, 0) is 0 Å². The summed E-state index contributed by atoms with van der Waals surface area (Å²) >= 11 is -2.25. The van der Waals surface area contributed by atoms with Crippen molar-refractivity contribution in [3.63, 3.8) is 0 Å². The zero-order valence-electron chi connectivity index (χ0n) is 8.73. The van der Waals surface area contributed by atoms with Crippen molar-refractivity contribution < 1.29 is 30.7 Å². The first-order valence-electron chi connectivity index (χ1n) is 4.69. The first kappa shape index (κ1) is 15.3. The summed E-state index contributed by atoms with van der Waals surface area (Å²) in [6.07, 6.45) is 0. The molecule has 0 aromatic heterocycles. The van der Waals surface area contributed by atoms with E-state index in [9.17, 15) is 30.7 Å². The van der Waals surface area contributed by atoms with Crippen LogP contribution in [0.3, 0.4) is 0 Å². The molecule has 0 bridgehead atoms. The number of fused-ring (bicyclic) bond motifs is 1. The van der Waals surface area contributed by atoms with Crippen molar-refractivity contribution >= 4 is 53.0 Å². The van der Waals surface area contributed by atoms with Gasteiger partial charge in [0.05, 0.1) is 0 Å². The molecule has 2 aromatic rings. The van der Waals surface area contributed by atoms with E-state index >= 15 is 0 Å². The molecule has 0 amide bonds. The topological polar surface area (TPSA) is 0 Å². The van der Waals surface area contributed by atoms with Crippen LogP contribution < -0.4 is 1.66 Å². The molecule has 0 spiro atoms. The molecular formula is C10BrCaF7. The zero-order chi connectivity index (χ0) is 14.5. The molecular weight excluding hydrogens is 373 g/mol. The van der Waals surface area contributed by atoms with Gasteiger partial charge in [-0.2, -0.15) is 0 Å². The van der Waals surface area contributed by atoms with Gasteiger partial charge in [0.2, 0.25) is 0 Å². The fourth-order valence-electron chi connectivity index (χ4n) is 1.65. The van der Waals surface area contributed by atoms with Gasteiger partial charge < -0.3 is 0 Å². The van der Waals surface area contributed by atoms with E-state index in [1.54, 1.807) is 0 Å². The monoisotopic (exact) mass is 372 g/mol. The van der Waals surface area contributed by atoms with Gasteiger partial charge >= 0.3 is 124 Å². The minimum absolute atomic E-state index is 0.762. The van der Waals surface area contributed by atoms with Crippen LogP contribution in [0.4, 0.5) is 30.7 Å². The van der Waals surface area contributed by atoms with Crippen LogP contribution >= 0.6 is 9.70 Å². The van der Waals surface area contributed by atoms with Crippen LogP contribution in [0.5, 0.6) is 0 Å². The molecule has 0 atom stereocenters. The van der Waals surface area contributed by atoms with E-state index in [1.807, 2.05) is 0 Å². The Kier molecular flexibility index (Phi) is 4.35. The molecule has 19 heavy (non-hydrogen) atoms. The van der Waals surface area contributed by atoms with Crippen LogP contribution in [0, 0.1) is 40.7 Å². The number of benzene rings is 2. The van der Waals surface area contributed by atoms with Crippen molar-refractivity contribution in [2.24, 2.45) is 0 Å². The molecule has 0 saturated carbocycles. The van der Waals surface area contributed by atoms with Gasteiger partial charge in [0.1, 0.15) is 0 Å². The van der Waals surface area contributed by atoms with Crippen molar-refractivity contribution in [2.75, 3.05) is 0 Å². The molecule has 0 fully saturated rings. The van der Waals surface area contributed by atoms with E-state index in [0.29, 0.717) is 0 Å². The van der Waals surface area contributed by atoms with Crippen LogP contribution in [-0.2, 0) is 0 Å². The summed E-state index contributed by atoms with van der Waals surface area (Å²) in [6, 6.07) is 0. The molecule has 2 rings (SSSR count). The second-order valence-electron chi connectivity index (χ2n) is 3.56. The molecule has 0 aliphatic heterocycles. The van der Waals surface area contributed by atoms with Gasteiger partial charge in [0.25, 0.3) is 0 Å². The first-order chi connectivity index (χ1) is 8.82. The Balaban J connectivity index is 3.18. The maximum atomic E-state index is 13.8. The molecule has 98 valence electrons. The SMILES string of the molecule is Fc1c(F)c(F)c2c(F)[c]([Ca][Br])c(F)c(F)c2c1F. The summed E-state index contributed by atoms with van der Waals surface area (Å²) in [7, 11) is 2.81. The number of rotatable bonds is 1. The van der Waals surface area contributed by atoms with Crippen LogP contribution in [0.2, 0.25) is 0 Å². The fraction of sp³-hybridized carbons (Fsp3) is 0. The van der Waals surface area contributed by atoms with Crippen LogP contribution in [0.25, 0.3) is 10.8 Å². The van der Waals surface area contributed by atoms with Gasteiger partial charge in [-0.15, -0.1) is 0 Å². The molecule has 0 nitrogen and oxygen atoms in total. The minimum atomic E-state index is -2.32. The predicted octanol–water partition coefficient (Wildman–Crippen LogP) is 3.45. The molecule has 2 aromatic carbocycles. The Morgan fingerprint density at radius 1 is 0.526 bits per heavy atom. The molecule has 0 aliphatic rings. The van der Waals surface area contributed by atoms with Gasteiger partial charge in [-0.3, -0.25) is 0 Å². The van der Waals surface area contributed by atoms with Gasteiger partial charge in [-0.1, -0.05) is 0 Å². The summed E-state index contributed by atoms with van der Waals surface area (Å²) in [5.41, 5.74) is 0. The number of halogens is 8. The third-order valence-electron chi connectivity index (χ3n) is 2.56. The Bertz CT molecular complexity index is 701. The molecule has 0 unspecified atom stereocenters. The third kappa shape index (κ3) is 2.16. The van der Waals surface area contributed by atoms with E-state index in [0.717, 1.165) is 0 Å². The average Bonchev–Trinajstić information content (AvgIpc) is 2.38. The average molecular weight is 373 g/mol. The molecule has 0 saturated heterocycles. The predicted molar refractivity (Wildman–Crippen MR) is 58.0 cm³/mol. The van der Waals surface area contributed by atoms with Crippen LogP contribution in [0.1, 0.15) is 0 Å². The van der Waals surface area contributed by atoms with E-state index < -0.39 is 84.1 Å². The van der Waals surface area contributed by atoms with Crippen molar-refractivity contribution in [1.29, 1.82) is 0 Å². The second-order valence-corrected chi connectivity index (χ2v) is 7.39. The number of hydrogen-bond acceptors (Lipinski definition) is 0. The molecule has 0 N–H and O–H groups in total. The van der Waals surface area contributed by atoms with Crippen molar-refractivity contribution in [2.45, 2.75) is 0 Å². The summed E-state index contributed by atoms with van der Waals surface area (Å²) in [4.78, 5) is 0. The first-order valence-corrected chi connectivity index (χ1v) is 11.3. The Labute approximate surface area is 123 Å². The number of hydrogen-bond donors (Lipinski definition) is 0.